The molecule has 0 radical (unpaired) electrons. The molecule has 1 aliphatic rings. The number of anilines is 1. The van der Waals surface area contributed by atoms with Gasteiger partial charge in [0.05, 0.1) is 5.69 Å². The Morgan fingerprint density at radius 3 is 2.53 bits per heavy atom. The van der Waals surface area contributed by atoms with Crippen molar-refractivity contribution in [3.63, 3.8) is 0 Å². The summed E-state index contributed by atoms with van der Waals surface area (Å²) in [6, 6.07) is 8.83. The quantitative estimate of drug-likeness (QED) is 0.924. The van der Waals surface area contributed by atoms with Crippen molar-refractivity contribution in [3.05, 3.63) is 46.7 Å². The lowest BCUT2D eigenvalue weighted by molar-refractivity contribution is -0.118. The molecule has 2 aromatic rings. The molecule has 19 heavy (non-hydrogen) atoms. The summed E-state index contributed by atoms with van der Waals surface area (Å²) < 4.78 is 1.51. The van der Waals surface area contributed by atoms with Crippen LogP contribution >= 0.6 is 23.1 Å². The molecule has 96 valence electrons. The third-order valence-electron chi connectivity index (χ3n) is 2.73. The number of nitrogens with one attached hydrogen (secondary N) is 1. The summed E-state index contributed by atoms with van der Waals surface area (Å²) in [6.07, 6.45) is 1.66. The minimum Gasteiger partial charge on any atom is -0.302 e. The van der Waals surface area contributed by atoms with Gasteiger partial charge in [-0.1, -0.05) is 18.2 Å². The number of carbonyl (C=O) groups excluding carboxylic acids is 2. The van der Waals surface area contributed by atoms with Gasteiger partial charge in [0.1, 0.15) is 0 Å². The average Bonchev–Trinajstić information content (AvgIpc) is 2.94. The zero-order chi connectivity index (χ0) is 13.4. The van der Waals surface area contributed by atoms with E-state index in [1.165, 1.54) is 20.8 Å². The van der Waals surface area contributed by atoms with Crippen molar-refractivity contribution in [3.8, 4) is 0 Å². The number of benzene rings is 1. The predicted octanol–water partition coefficient (Wildman–Crippen LogP) is 2.43. The van der Waals surface area contributed by atoms with Gasteiger partial charge in [-0.2, -0.15) is 0 Å². The number of hydrogen-bond acceptors (Lipinski definition) is 5. The monoisotopic (exact) mass is 291 g/mol. The number of para-hydroxylation sites is 1. The van der Waals surface area contributed by atoms with Crippen LogP contribution in [0.2, 0.25) is 0 Å². The molecule has 5 nitrogen and oxygen atoms in total. The molecule has 1 saturated heterocycles. The Balaban J connectivity index is 1.99. The topological polar surface area (TPSA) is 66.2 Å². The molecule has 1 aliphatic heterocycles. The second-order valence-corrected chi connectivity index (χ2v) is 5.79. The van der Waals surface area contributed by atoms with E-state index < -0.39 is 5.37 Å². The van der Waals surface area contributed by atoms with E-state index in [0.29, 0.717) is 5.69 Å². The predicted molar refractivity (Wildman–Crippen MR) is 74.1 cm³/mol. The summed E-state index contributed by atoms with van der Waals surface area (Å²) in [7, 11) is 0. The van der Waals surface area contributed by atoms with E-state index in [0.717, 1.165) is 11.8 Å². The molecule has 1 aromatic carbocycles. The van der Waals surface area contributed by atoms with E-state index in [2.05, 4.69) is 0 Å². The highest BCUT2D eigenvalue weighted by Gasteiger charge is 2.41. The van der Waals surface area contributed by atoms with Gasteiger partial charge in [-0.05, 0) is 23.9 Å². The third-order valence-corrected chi connectivity index (χ3v) is 4.46. The van der Waals surface area contributed by atoms with Crippen molar-refractivity contribution in [2.24, 2.45) is 0 Å². The molecule has 0 aliphatic carbocycles. The molecule has 0 spiro atoms. The Hall–Kier alpha value is -1.86. The first kappa shape index (κ1) is 12.2. The van der Waals surface area contributed by atoms with Crippen LogP contribution in [-0.4, -0.2) is 15.7 Å². The molecule has 7 heteroatoms. The molecule has 1 atom stereocenters. The van der Waals surface area contributed by atoms with Crippen molar-refractivity contribution in [1.82, 2.24) is 4.57 Å². The fourth-order valence-corrected chi connectivity index (χ4v) is 3.52. The molecule has 0 bridgehead atoms. The molecule has 2 amide bonds. The lowest BCUT2D eigenvalue weighted by atomic mass is 10.3. The maximum Gasteiger partial charge on any atom is 0.295 e. The highest BCUT2D eigenvalue weighted by atomic mass is 32.2. The number of rotatable bonds is 2. The van der Waals surface area contributed by atoms with Crippen LogP contribution in [0.15, 0.2) is 41.9 Å². The Morgan fingerprint density at radius 2 is 1.89 bits per heavy atom. The normalized spacial score (nSPS) is 19.2. The van der Waals surface area contributed by atoms with Crippen LogP contribution in [0.3, 0.4) is 0 Å². The zero-order valence-corrected chi connectivity index (χ0v) is 11.3. The van der Waals surface area contributed by atoms with Gasteiger partial charge in [0, 0.05) is 11.6 Å². The van der Waals surface area contributed by atoms with E-state index in [4.69, 9.17) is 5.41 Å². The number of amides is 2. The maximum absolute atomic E-state index is 12.4. The third kappa shape index (κ3) is 2.00. The second-order valence-electron chi connectivity index (χ2n) is 3.86. The number of thioether (sulfide) groups is 1. The molecule has 1 aromatic heterocycles. The van der Waals surface area contributed by atoms with E-state index in [9.17, 15) is 9.59 Å². The van der Waals surface area contributed by atoms with Crippen LogP contribution in [0.1, 0.15) is 5.37 Å². The SMILES string of the molecule is N=c1sccn1[C@H]1SC(=O)N(c2ccccc2)C1=O. The first-order valence-electron chi connectivity index (χ1n) is 5.48. The van der Waals surface area contributed by atoms with Crippen LogP contribution in [-0.2, 0) is 4.79 Å². The highest BCUT2D eigenvalue weighted by molar-refractivity contribution is 8.15. The van der Waals surface area contributed by atoms with Crippen LogP contribution in [0, 0.1) is 5.41 Å². The minimum absolute atomic E-state index is 0.258. The molecule has 1 fully saturated rings. The summed E-state index contributed by atoms with van der Waals surface area (Å²) in [6.45, 7) is 0. The fraction of sp³-hybridized carbons (Fsp3) is 0.0833. The Labute approximate surface area is 117 Å². The average molecular weight is 291 g/mol. The molecule has 2 heterocycles. The van der Waals surface area contributed by atoms with Gasteiger partial charge in [-0.25, -0.2) is 4.90 Å². The number of imide groups is 1. The largest absolute Gasteiger partial charge is 0.302 e. The van der Waals surface area contributed by atoms with Crippen LogP contribution in [0.4, 0.5) is 10.5 Å². The van der Waals surface area contributed by atoms with E-state index >= 15 is 0 Å². The number of thiazole rings is 1. The van der Waals surface area contributed by atoms with Gasteiger partial charge in [0.2, 0.25) is 0 Å². The Kier molecular flexibility index (Phi) is 3.00. The van der Waals surface area contributed by atoms with Gasteiger partial charge >= 0.3 is 0 Å². The fourth-order valence-electron chi connectivity index (χ4n) is 1.86. The van der Waals surface area contributed by atoms with Gasteiger partial charge in [0.25, 0.3) is 11.1 Å². The zero-order valence-electron chi connectivity index (χ0n) is 9.65. The summed E-state index contributed by atoms with van der Waals surface area (Å²) in [5, 5.41) is 8.48. The van der Waals surface area contributed by atoms with Crippen molar-refractivity contribution in [2.75, 3.05) is 4.90 Å². The Bertz CT molecular complexity index is 692. The number of nitrogens with zero attached hydrogens (tertiary/aromatic N) is 2. The molecule has 0 unspecified atom stereocenters. The molecular weight excluding hydrogens is 282 g/mol. The standard InChI is InChI=1S/C12H9N3O2S2/c13-11-14(6-7-18-11)10-9(16)15(12(17)19-10)8-4-2-1-3-5-8/h1-7,10,13H/t10-/m0/s1. The first-order valence-corrected chi connectivity index (χ1v) is 7.24. The Morgan fingerprint density at radius 1 is 1.16 bits per heavy atom. The van der Waals surface area contributed by atoms with Crippen LogP contribution in [0.25, 0.3) is 0 Å². The maximum atomic E-state index is 12.4. The van der Waals surface area contributed by atoms with Gasteiger partial charge in [-0.3, -0.25) is 15.0 Å². The van der Waals surface area contributed by atoms with Gasteiger partial charge in [-0.15, -0.1) is 11.3 Å². The summed E-state index contributed by atoms with van der Waals surface area (Å²) in [5.74, 6) is -0.307. The summed E-state index contributed by atoms with van der Waals surface area (Å²) in [4.78, 5) is 25.8. The molecule has 0 saturated carbocycles. The van der Waals surface area contributed by atoms with Gasteiger partial charge in [0.15, 0.2) is 10.2 Å². The van der Waals surface area contributed by atoms with Crippen molar-refractivity contribution in [2.45, 2.75) is 5.37 Å². The first-order chi connectivity index (χ1) is 9.18. The smallest absolute Gasteiger partial charge is 0.295 e. The summed E-state index contributed by atoms with van der Waals surface area (Å²) >= 11 is 2.16. The molecule has 3 rings (SSSR count). The second kappa shape index (κ2) is 4.67. The van der Waals surface area contributed by atoms with Crippen LogP contribution < -0.4 is 9.70 Å². The van der Waals surface area contributed by atoms with Crippen molar-refractivity contribution < 1.29 is 9.59 Å². The number of hydrogen-bond donors (Lipinski definition) is 1. The van der Waals surface area contributed by atoms with E-state index in [1.54, 1.807) is 35.8 Å². The molecule has 1 N–H and O–H groups in total. The van der Waals surface area contributed by atoms with E-state index in [1.807, 2.05) is 6.07 Å². The van der Waals surface area contributed by atoms with Crippen molar-refractivity contribution in [1.29, 1.82) is 5.41 Å². The minimum atomic E-state index is -0.675. The highest BCUT2D eigenvalue weighted by Crippen LogP contribution is 2.37. The van der Waals surface area contributed by atoms with Crippen LogP contribution in [0.5, 0.6) is 0 Å². The molecular formula is C12H9N3O2S2. The van der Waals surface area contributed by atoms with E-state index in [-0.39, 0.29) is 15.9 Å². The van der Waals surface area contributed by atoms with Crippen molar-refractivity contribution >= 4 is 39.9 Å². The number of aromatic nitrogens is 1. The lowest BCUT2D eigenvalue weighted by Gasteiger charge is -2.13. The summed E-state index contributed by atoms with van der Waals surface area (Å²) in [5.41, 5.74) is 0.565. The van der Waals surface area contributed by atoms with Gasteiger partial charge < -0.3 is 4.57 Å². The lowest BCUT2D eigenvalue weighted by Crippen LogP contribution is -2.32. The number of carbonyl (C=O) groups is 2.